The van der Waals surface area contributed by atoms with E-state index in [0.29, 0.717) is 23.3 Å². The van der Waals surface area contributed by atoms with Crippen molar-refractivity contribution in [1.29, 1.82) is 0 Å². The van der Waals surface area contributed by atoms with Crippen molar-refractivity contribution < 1.29 is 29.0 Å². The van der Waals surface area contributed by atoms with Gasteiger partial charge in [0, 0.05) is 17.1 Å². The molecular weight excluding hydrogens is 456 g/mol. The van der Waals surface area contributed by atoms with Crippen LogP contribution < -0.4 is 4.74 Å². The first-order valence-corrected chi connectivity index (χ1v) is 13.1. The summed E-state index contributed by atoms with van der Waals surface area (Å²) in [6.45, 7) is 6.66. The molecule has 1 aromatic carbocycles. The molecular formula is C30H36O6. The molecule has 4 aliphatic carbocycles. The molecule has 0 aliphatic heterocycles. The lowest BCUT2D eigenvalue weighted by molar-refractivity contribution is -0.135. The number of esters is 1. The van der Waals surface area contributed by atoms with E-state index in [4.69, 9.17) is 9.84 Å². The normalized spacial score (nSPS) is 36.9. The number of rotatable bonds is 4. The molecule has 6 heteroatoms. The zero-order valence-electron chi connectivity index (χ0n) is 21.6. The summed E-state index contributed by atoms with van der Waals surface area (Å²) in [7, 11) is 1.63. The van der Waals surface area contributed by atoms with E-state index >= 15 is 0 Å². The predicted octanol–water partition coefficient (Wildman–Crippen LogP) is 6.46. The lowest BCUT2D eigenvalue weighted by atomic mass is 9.47. The highest BCUT2D eigenvalue weighted by Gasteiger charge is 2.60. The predicted molar refractivity (Wildman–Crippen MR) is 135 cm³/mol. The van der Waals surface area contributed by atoms with Crippen molar-refractivity contribution in [3.05, 3.63) is 53.1 Å². The molecule has 0 aromatic heterocycles. The second-order valence-corrected chi connectivity index (χ2v) is 11.8. The van der Waals surface area contributed by atoms with Gasteiger partial charge in [0.15, 0.2) is 5.78 Å². The van der Waals surface area contributed by atoms with Crippen LogP contribution in [0.5, 0.6) is 5.75 Å². The zero-order valence-corrected chi connectivity index (χ0v) is 21.6. The lowest BCUT2D eigenvalue weighted by Crippen LogP contribution is -2.50. The maximum absolute atomic E-state index is 13.6. The van der Waals surface area contributed by atoms with Crippen molar-refractivity contribution in [2.24, 2.45) is 40.4 Å². The van der Waals surface area contributed by atoms with E-state index in [1.807, 2.05) is 37.3 Å². The Kier molecular flexibility index (Phi) is 6.12. The van der Waals surface area contributed by atoms with Gasteiger partial charge in [-0.1, -0.05) is 26.8 Å². The molecule has 7 atom stereocenters. The number of carbonyl (C=O) groups is 3. The molecule has 4 aliphatic rings. The van der Waals surface area contributed by atoms with Crippen molar-refractivity contribution >= 4 is 17.9 Å². The Morgan fingerprint density at radius 2 is 1.75 bits per heavy atom. The van der Waals surface area contributed by atoms with Crippen LogP contribution in [-0.2, 0) is 9.53 Å². The Morgan fingerprint density at radius 1 is 1.03 bits per heavy atom. The quantitative estimate of drug-likeness (QED) is 0.295. The molecule has 1 aromatic rings. The van der Waals surface area contributed by atoms with Crippen LogP contribution >= 0.6 is 0 Å². The smallest absolute Gasteiger partial charge is 0.497 e. The molecule has 5 rings (SSSR count). The topological polar surface area (TPSA) is 89.9 Å². The summed E-state index contributed by atoms with van der Waals surface area (Å²) >= 11 is 0. The average molecular weight is 493 g/mol. The van der Waals surface area contributed by atoms with Gasteiger partial charge in [0.25, 0.3) is 0 Å². The SMILES string of the molecule is COc1ccc(C(=O)[C@H]2CC[C@H]3[C@@H]4CC=C5C=C(C(=O)OC(=O)O)C(C)C[C@]5(C)[C@H]4CC[C@]23C)cc1. The van der Waals surface area contributed by atoms with Crippen molar-refractivity contribution in [3.8, 4) is 5.75 Å². The third-order valence-electron chi connectivity index (χ3n) is 10.2. The highest BCUT2D eigenvalue weighted by molar-refractivity contribution is 5.98. The number of methoxy groups -OCH3 is 1. The van der Waals surface area contributed by atoms with E-state index < -0.39 is 12.1 Å². The van der Waals surface area contributed by atoms with Gasteiger partial charge in [-0.05, 0) is 109 Å². The van der Waals surface area contributed by atoms with Crippen LogP contribution in [0.3, 0.4) is 0 Å². The molecule has 0 bridgehead atoms. The zero-order chi connectivity index (χ0) is 25.8. The van der Waals surface area contributed by atoms with E-state index in [9.17, 15) is 14.4 Å². The summed E-state index contributed by atoms with van der Waals surface area (Å²) in [6, 6.07) is 7.52. The Labute approximate surface area is 212 Å². The van der Waals surface area contributed by atoms with Gasteiger partial charge in [0.2, 0.25) is 0 Å². The molecule has 36 heavy (non-hydrogen) atoms. The van der Waals surface area contributed by atoms with E-state index in [2.05, 4.69) is 24.7 Å². The molecule has 2 fully saturated rings. The molecule has 1 N–H and O–H groups in total. The highest BCUT2D eigenvalue weighted by atomic mass is 16.7. The Balaban J connectivity index is 1.40. The van der Waals surface area contributed by atoms with Crippen LogP contribution in [0.2, 0.25) is 0 Å². The number of fused-ring (bicyclic) bond motifs is 5. The first kappa shape index (κ1) is 24.8. The molecule has 1 unspecified atom stereocenters. The molecule has 2 saturated carbocycles. The average Bonchev–Trinajstić information content (AvgIpc) is 3.19. The maximum Gasteiger partial charge on any atom is 0.513 e. The number of ether oxygens (including phenoxy) is 2. The molecule has 0 radical (unpaired) electrons. The lowest BCUT2D eigenvalue weighted by Gasteiger charge is -2.57. The number of ketones is 1. The van der Waals surface area contributed by atoms with Crippen LogP contribution in [0.1, 0.15) is 69.7 Å². The van der Waals surface area contributed by atoms with Crippen LogP contribution in [-0.4, -0.2) is 30.1 Å². The van der Waals surface area contributed by atoms with E-state index in [0.717, 1.165) is 55.4 Å². The minimum atomic E-state index is -1.56. The van der Waals surface area contributed by atoms with E-state index in [-0.39, 0.29) is 28.4 Å². The second-order valence-electron chi connectivity index (χ2n) is 11.8. The van der Waals surface area contributed by atoms with Gasteiger partial charge in [-0.25, -0.2) is 9.59 Å². The standard InChI is InChI=1S/C30H36O6/c1-17-16-30(3)19(15-22(17)27(32)36-28(33)34)7-10-21-23-11-12-25(29(23,2)14-13-24(21)30)26(31)18-5-8-20(35-4)9-6-18/h5-9,15,17,21,23-25H,10-14,16H2,1-4H3,(H,33,34)/t17?,21-,23-,24-,25+,29-,30-/m0/s1. The molecule has 0 spiro atoms. The van der Waals surface area contributed by atoms with Crippen LogP contribution in [0.25, 0.3) is 0 Å². The van der Waals surface area contributed by atoms with Gasteiger partial charge in [0.05, 0.1) is 7.11 Å². The molecule has 0 heterocycles. The maximum atomic E-state index is 13.6. The molecule has 192 valence electrons. The van der Waals surface area contributed by atoms with Crippen LogP contribution in [0.15, 0.2) is 47.6 Å². The van der Waals surface area contributed by atoms with Crippen LogP contribution in [0.4, 0.5) is 4.79 Å². The number of carboxylic acid groups (broad SMARTS) is 1. The fourth-order valence-corrected chi connectivity index (χ4v) is 8.45. The number of allylic oxidation sites excluding steroid dienone is 3. The minimum Gasteiger partial charge on any atom is -0.497 e. The molecule has 0 amide bonds. The number of Topliss-reactive ketones (excluding diaryl/α,β-unsaturated/α-hetero) is 1. The molecule has 0 saturated heterocycles. The van der Waals surface area contributed by atoms with Gasteiger partial charge >= 0.3 is 12.1 Å². The summed E-state index contributed by atoms with van der Waals surface area (Å²) < 4.78 is 9.74. The second kappa shape index (κ2) is 8.89. The minimum absolute atomic E-state index is 0.00748. The highest BCUT2D eigenvalue weighted by Crippen LogP contribution is 2.66. The van der Waals surface area contributed by atoms with Gasteiger partial charge in [-0.3, -0.25) is 4.79 Å². The van der Waals surface area contributed by atoms with Crippen molar-refractivity contribution in [3.63, 3.8) is 0 Å². The Hall–Kier alpha value is -2.89. The summed E-state index contributed by atoms with van der Waals surface area (Å²) in [5.41, 5.74) is 2.30. The van der Waals surface area contributed by atoms with E-state index in [1.165, 1.54) is 0 Å². The summed E-state index contributed by atoms with van der Waals surface area (Å²) in [4.78, 5) is 36.9. The van der Waals surface area contributed by atoms with E-state index in [1.54, 1.807) is 7.11 Å². The molecule has 6 nitrogen and oxygen atoms in total. The Bertz CT molecular complexity index is 1150. The third kappa shape index (κ3) is 3.80. The fraction of sp³-hybridized carbons (Fsp3) is 0.567. The van der Waals surface area contributed by atoms with Gasteiger partial charge in [0.1, 0.15) is 5.75 Å². The van der Waals surface area contributed by atoms with Crippen molar-refractivity contribution in [2.75, 3.05) is 7.11 Å². The summed E-state index contributed by atoms with van der Waals surface area (Å²) in [6.07, 6.45) is 8.44. The third-order valence-corrected chi connectivity index (χ3v) is 10.2. The van der Waals surface area contributed by atoms with Gasteiger partial charge in [-0.2, -0.15) is 0 Å². The summed E-state index contributed by atoms with van der Waals surface area (Å²) in [5.74, 6) is 1.73. The first-order chi connectivity index (χ1) is 17.1. The van der Waals surface area contributed by atoms with Crippen molar-refractivity contribution in [2.45, 2.75) is 59.3 Å². The Morgan fingerprint density at radius 3 is 2.42 bits per heavy atom. The number of hydrogen-bond donors (Lipinski definition) is 1. The summed E-state index contributed by atoms with van der Waals surface area (Å²) in [5, 5.41) is 8.89. The van der Waals surface area contributed by atoms with Gasteiger partial charge < -0.3 is 14.6 Å². The number of hydrogen-bond acceptors (Lipinski definition) is 5. The monoisotopic (exact) mass is 492 g/mol. The van der Waals surface area contributed by atoms with Crippen LogP contribution in [0, 0.1) is 40.4 Å². The first-order valence-electron chi connectivity index (χ1n) is 13.1. The fourth-order valence-electron chi connectivity index (χ4n) is 8.45. The number of carbonyl (C=O) groups excluding carboxylic acids is 2. The van der Waals surface area contributed by atoms with Gasteiger partial charge in [-0.15, -0.1) is 0 Å². The number of benzene rings is 1. The largest absolute Gasteiger partial charge is 0.513 e. The van der Waals surface area contributed by atoms with Crippen molar-refractivity contribution in [1.82, 2.24) is 0 Å².